The van der Waals surface area contributed by atoms with Gasteiger partial charge in [-0.05, 0) is 156 Å². The third kappa shape index (κ3) is 40.4. The summed E-state index contributed by atoms with van der Waals surface area (Å²) in [6, 6.07) is -13.0. The predicted molar refractivity (Wildman–Crippen MR) is 559 cm³/mol. The fraction of sp³-hybridized carbons (Fsp3) is 0.589. The number of carbonyl (C=O) groups is 21. The van der Waals surface area contributed by atoms with Crippen molar-refractivity contribution in [1.82, 2.24) is 120 Å². The van der Waals surface area contributed by atoms with Crippen molar-refractivity contribution in [2.45, 2.75) is 254 Å². The molecule has 3 saturated heterocycles. The fourth-order valence-electron chi connectivity index (χ4n) is 16.5. The molecule has 150 heavy (non-hydrogen) atoms. The monoisotopic (exact) mass is 2170 g/mol. The first kappa shape index (κ1) is 123. The number of nitrogens with two attached hydrogens (primary N) is 4. The number of para-hydroxylation sites is 1. The summed E-state index contributed by atoms with van der Waals surface area (Å²) in [6.07, 6.45) is 4.05. The second kappa shape index (κ2) is 62.2. The number of aliphatic hydroxyl groups excluding tert-OH is 1. The first-order chi connectivity index (χ1) is 71.2. The number of thioether (sulfide) groups is 2. The molecular formula is C95H144N28O23S4. The Kier molecular flexibility index (Phi) is 51.1. The zero-order valence-electron chi connectivity index (χ0n) is 85.5. The number of hydrogen-bond acceptors (Lipinski definition) is 30. The molecule has 3 fully saturated rings. The standard InChI is InChI=1S/C95H144N28O23S4/c1-48(2)34-63(109-75(129)43-104-74(128)39-96)84(136)114-65(36-53-21-23-56(125)24-22-53)83(135)108-51(7)79(131)118-68-45-149-150-46-69(88(140)113-62(25-26-72(97)126)94(146)123-31-15-20-71(123)91(143)116-64(35-49(3)4)85(137)110-59(18-13-29-102-95(99)100)80(132)105-42-73(98)127)119-92(144)77(50(5)6)120-87(139)66(37-54-40-103-58-17-12-11-16-57(54)58)117-93(145)78(52(8)124)121-82(134)61(28-33-148-10)112-90(142)70-19-14-30-122(70)76(130)44-106-81(133)60(27-32-147-9)111-86(138)67(115-89(68)141)38-55-41-101-47-107-55/h11-12,16-17,21-24,40-41,47-52,59-71,77-78,103,124-125H,13-15,18-20,25-39,42-46,96H2,1-10H3,(H2,97,126)(H2,98,127)(H,101,107)(H,104,128)(H,105,132)(H,106,133)(H,108,135)(H,109,129)(H,110,137)(H,111,138)(H,112,142)(H,113,140)(H,114,136)(H,115,141)(H,116,143)(H,117,145)(H,118,131)(H,119,144)(H,120,139)(H,121,134)(H4,99,100,102)/t51-,52+,59-,60+,61-,62-,63-,64-,65+,66-,67-,68+,69-,70-,71-,77-,78-/m0/s1. The van der Waals surface area contributed by atoms with Crippen molar-refractivity contribution in [1.29, 1.82) is 5.41 Å². The summed E-state index contributed by atoms with van der Waals surface area (Å²) >= 11 is 2.58. The van der Waals surface area contributed by atoms with Gasteiger partial charge in [-0.3, -0.25) is 106 Å². The van der Waals surface area contributed by atoms with Gasteiger partial charge in [0.15, 0.2) is 5.96 Å². The lowest BCUT2D eigenvalue weighted by Gasteiger charge is -2.31. The molecule has 55 heteroatoms. The largest absolute Gasteiger partial charge is 0.508 e. The number of aromatic hydroxyl groups is 1. The number of amides is 21. The second-order valence-corrected chi connectivity index (χ2v) is 42.3. The highest BCUT2D eigenvalue weighted by molar-refractivity contribution is 8.76. The molecule has 0 aliphatic carbocycles. The molecule has 21 amide bonds. The Morgan fingerprint density at radius 3 is 1.77 bits per heavy atom. The van der Waals surface area contributed by atoms with Gasteiger partial charge in [0.25, 0.3) is 0 Å². The molecule has 17 atom stereocenters. The summed E-state index contributed by atoms with van der Waals surface area (Å²) in [5.41, 5.74) is 23.5. The number of primary amides is 2. The van der Waals surface area contributed by atoms with Crippen LogP contribution < -0.4 is 119 Å². The number of H-pyrrole nitrogens is 2. The van der Waals surface area contributed by atoms with Crippen molar-refractivity contribution >= 4 is 186 Å². The Bertz CT molecular complexity index is 5350. The summed E-state index contributed by atoms with van der Waals surface area (Å²) in [5, 5.41) is 76.7. The highest BCUT2D eigenvalue weighted by Gasteiger charge is 2.45. The van der Waals surface area contributed by atoms with E-state index in [1.807, 2.05) is 0 Å². The van der Waals surface area contributed by atoms with Gasteiger partial charge in [-0.2, -0.15) is 23.5 Å². The number of likely N-dealkylation sites (tertiary alicyclic amines) is 1. The number of imidazole rings is 1. The minimum atomic E-state index is -1.91. The minimum Gasteiger partial charge on any atom is -0.508 e. The normalized spacial score (nSPS) is 21.2. The summed E-state index contributed by atoms with van der Waals surface area (Å²) in [6.45, 7) is 9.96. The molecule has 0 saturated carbocycles. The van der Waals surface area contributed by atoms with E-state index in [-0.39, 0.29) is 137 Å². The maximum atomic E-state index is 15.8. The Labute approximate surface area is 884 Å². The van der Waals surface area contributed by atoms with E-state index in [1.165, 1.54) is 92.9 Å². The molecule has 7 rings (SSSR count). The van der Waals surface area contributed by atoms with Gasteiger partial charge >= 0.3 is 0 Å². The van der Waals surface area contributed by atoms with E-state index in [0.29, 0.717) is 22.0 Å². The van der Waals surface area contributed by atoms with Crippen LogP contribution in [0, 0.1) is 23.2 Å². The molecule has 3 aliphatic rings. The maximum absolute atomic E-state index is 15.8. The van der Waals surface area contributed by atoms with Crippen LogP contribution in [0.3, 0.4) is 0 Å². The van der Waals surface area contributed by atoms with Gasteiger partial charge in [0.05, 0.1) is 44.3 Å². The van der Waals surface area contributed by atoms with Gasteiger partial charge in [-0.1, -0.05) is 93.5 Å². The van der Waals surface area contributed by atoms with Gasteiger partial charge in [0.2, 0.25) is 124 Å². The second-order valence-electron chi connectivity index (χ2n) is 37.8. The van der Waals surface area contributed by atoms with E-state index >= 15 is 38.4 Å². The molecule has 0 radical (unpaired) electrons. The number of hydrogen-bond donors (Lipinski definition) is 27. The van der Waals surface area contributed by atoms with Crippen molar-refractivity contribution in [3.63, 3.8) is 0 Å². The van der Waals surface area contributed by atoms with Crippen molar-refractivity contribution in [3.8, 4) is 5.75 Å². The van der Waals surface area contributed by atoms with Crippen LogP contribution in [0.15, 0.2) is 67.3 Å². The quantitative estimate of drug-likeness (QED) is 0.00847. The van der Waals surface area contributed by atoms with Gasteiger partial charge in [0.1, 0.15) is 102 Å². The number of aliphatic hydroxyl groups is 1. The fourth-order valence-corrected chi connectivity index (χ4v) is 19.8. The van der Waals surface area contributed by atoms with Crippen molar-refractivity contribution in [3.05, 3.63) is 84.1 Å². The van der Waals surface area contributed by atoms with Crippen LogP contribution in [-0.2, 0) is 120 Å². The molecule has 2 aromatic carbocycles. The van der Waals surface area contributed by atoms with Gasteiger partial charge < -0.3 is 149 Å². The maximum Gasteiger partial charge on any atom is 0.245 e. The molecular weight excluding hydrogens is 2030 g/mol. The molecule has 51 nitrogen and oxygen atoms in total. The Morgan fingerprint density at radius 2 is 1.15 bits per heavy atom. The van der Waals surface area contributed by atoms with E-state index < -0.39 is 290 Å². The third-order valence-electron chi connectivity index (χ3n) is 24.5. The topological polar surface area (TPSA) is 794 Å². The first-order valence-corrected chi connectivity index (χ1v) is 54.7. The minimum absolute atomic E-state index is 0.00569. The van der Waals surface area contributed by atoms with Gasteiger partial charge in [0, 0.05) is 80.1 Å². The van der Waals surface area contributed by atoms with E-state index in [0.717, 1.165) is 26.5 Å². The van der Waals surface area contributed by atoms with E-state index in [4.69, 9.17) is 28.3 Å². The lowest BCUT2D eigenvalue weighted by Crippen LogP contribution is -2.62. The molecule has 5 heterocycles. The number of fused-ring (bicyclic) bond motifs is 2. The Balaban J connectivity index is 1.35. The molecule has 0 spiro atoms. The zero-order valence-corrected chi connectivity index (χ0v) is 88.8. The van der Waals surface area contributed by atoms with Crippen molar-refractivity contribution < 1.29 is 111 Å². The van der Waals surface area contributed by atoms with Crippen LogP contribution in [0.2, 0.25) is 0 Å². The molecule has 2 aromatic heterocycles. The summed E-state index contributed by atoms with van der Waals surface area (Å²) in [4.78, 5) is 316. The lowest BCUT2D eigenvalue weighted by atomic mass is 9.99. The number of phenols is 1. The Hall–Kier alpha value is -13.6. The summed E-state index contributed by atoms with van der Waals surface area (Å²) in [7, 11) is 1.47. The number of nitrogens with zero attached hydrogens (tertiary/aromatic N) is 3. The average molecular weight is 2170 g/mol. The molecule has 4 aromatic rings. The van der Waals surface area contributed by atoms with Crippen LogP contribution >= 0.6 is 45.1 Å². The van der Waals surface area contributed by atoms with E-state index in [1.54, 1.807) is 70.7 Å². The molecule has 826 valence electrons. The number of rotatable bonds is 45. The van der Waals surface area contributed by atoms with Gasteiger partial charge in [-0.25, -0.2) is 4.98 Å². The van der Waals surface area contributed by atoms with Gasteiger partial charge in [-0.15, -0.1) is 0 Å². The third-order valence-corrected chi connectivity index (χ3v) is 28.2. The molecule has 0 bridgehead atoms. The zero-order chi connectivity index (χ0) is 111. The summed E-state index contributed by atoms with van der Waals surface area (Å²) < 4.78 is 0. The van der Waals surface area contributed by atoms with Crippen LogP contribution in [-0.4, -0.2) is 349 Å². The number of aromatic amines is 2. The van der Waals surface area contributed by atoms with E-state index in [9.17, 15) is 72.5 Å². The SMILES string of the molecule is CSCC[C@@H]1NC(=O)[C@@H]2CCCN2C(=O)CNC(=O)[C@@H](CCSC)NC(=O)[C@H](Cc2c[nH]cn2)NC(=O)[C@H](NC(=O)[C@H](C)NC(=O)[C@@H](Cc2ccc(O)cc2)NC(=O)[C@H](CC(C)C)NC(=O)CNC(=O)CN)CSSC[C@@H](C(=O)N[C@@H](CCC(N)=O)C(=O)N2CCC[C@H]2C(=O)N[C@@H](CC(C)C)C(=O)N[C@@H](CCCNC(=N)N)C(=O)NCC(N)=O)NC(=O)[C@H](C(C)C)NC(=O)[C@H](Cc2c[nH]c3ccccc23)NC(=O)[C@H]([C@@H](C)O)NC1=O. The highest BCUT2D eigenvalue weighted by atomic mass is 33.1. The molecule has 3 aliphatic heterocycles. The average Bonchev–Trinajstić information content (AvgIpc) is 1.65. The number of aromatic nitrogens is 3. The van der Waals surface area contributed by atoms with Crippen LogP contribution in [0.25, 0.3) is 10.9 Å². The molecule has 31 N–H and O–H groups in total. The van der Waals surface area contributed by atoms with Crippen LogP contribution in [0.1, 0.15) is 149 Å². The number of nitrogens with one attached hydrogen (secondary N) is 21. The number of carbonyl (C=O) groups excluding carboxylic acids is 21. The smallest absolute Gasteiger partial charge is 0.245 e. The lowest BCUT2D eigenvalue weighted by molar-refractivity contribution is -0.143. The predicted octanol–water partition coefficient (Wildman–Crippen LogP) is -6.23. The Morgan fingerprint density at radius 1 is 0.560 bits per heavy atom. The van der Waals surface area contributed by atoms with Crippen LogP contribution in [0.4, 0.5) is 0 Å². The summed E-state index contributed by atoms with van der Waals surface area (Å²) in [5.74, 6) is -22.8. The number of phenolic OH excluding ortho intramolecular Hbond substituents is 1. The van der Waals surface area contributed by atoms with Crippen molar-refractivity contribution in [2.75, 3.05) is 81.3 Å². The first-order valence-electron chi connectivity index (χ1n) is 49.4. The van der Waals surface area contributed by atoms with Crippen molar-refractivity contribution in [2.24, 2.45) is 40.7 Å². The van der Waals surface area contributed by atoms with E-state index in [2.05, 4.69) is 111 Å². The number of benzene rings is 2. The van der Waals surface area contributed by atoms with Crippen LogP contribution in [0.5, 0.6) is 5.75 Å². The highest BCUT2D eigenvalue weighted by Crippen LogP contribution is 2.28. The number of guanidine groups is 1. The molecule has 0 unspecified atom stereocenters.